The van der Waals surface area contributed by atoms with Gasteiger partial charge >= 0.3 is 0 Å². The lowest BCUT2D eigenvalue weighted by Gasteiger charge is -2.28. The average Bonchev–Trinajstić information content (AvgIpc) is 2.28. The van der Waals surface area contributed by atoms with E-state index in [2.05, 4.69) is 25.6 Å². The van der Waals surface area contributed by atoms with Crippen molar-refractivity contribution in [1.82, 2.24) is 9.71 Å². The Morgan fingerprint density at radius 1 is 1.50 bits per heavy atom. The fourth-order valence-corrected chi connectivity index (χ4v) is 3.79. The Morgan fingerprint density at radius 3 is 2.67 bits per heavy atom. The summed E-state index contributed by atoms with van der Waals surface area (Å²) in [7, 11) is -3.75. The maximum atomic E-state index is 13.0. The summed E-state index contributed by atoms with van der Waals surface area (Å²) in [5, 5.41) is 0.682. The van der Waals surface area contributed by atoms with Gasteiger partial charge in [0.15, 0.2) is 0 Å². The van der Waals surface area contributed by atoms with Crippen LogP contribution in [0.4, 0.5) is 4.39 Å². The van der Waals surface area contributed by atoms with Crippen LogP contribution in [-0.4, -0.2) is 24.3 Å². The molecule has 1 aromatic heterocycles. The third kappa shape index (κ3) is 4.00. The topological polar surface area (TPSA) is 59.1 Å². The van der Waals surface area contributed by atoms with Crippen molar-refractivity contribution < 1.29 is 12.8 Å². The molecule has 1 N–H and O–H groups in total. The van der Waals surface area contributed by atoms with Gasteiger partial charge in [0.2, 0.25) is 10.0 Å². The fraction of sp³-hybridized carbons (Fsp3) is 0.545. The van der Waals surface area contributed by atoms with Crippen LogP contribution >= 0.6 is 15.9 Å². The van der Waals surface area contributed by atoms with E-state index in [1.165, 1.54) is 0 Å². The highest BCUT2D eigenvalue weighted by Gasteiger charge is 2.28. The van der Waals surface area contributed by atoms with E-state index in [1.807, 2.05) is 13.8 Å². The molecule has 4 nitrogen and oxygen atoms in total. The van der Waals surface area contributed by atoms with E-state index >= 15 is 0 Å². The van der Waals surface area contributed by atoms with Crippen LogP contribution in [0.1, 0.15) is 26.7 Å². The number of aromatic nitrogens is 1. The molecule has 18 heavy (non-hydrogen) atoms. The SMILES string of the molecule is CCC(C)(CCBr)NS(=O)(=O)c1cncc(F)c1. The van der Waals surface area contributed by atoms with Gasteiger partial charge in [-0.1, -0.05) is 22.9 Å². The van der Waals surface area contributed by atoms with Gasteiger partial charge in [0.05, 0.1) is 6.20 Å². The summed E-state index contributed by atoms with van der Waals surface area (Å²) in [4.78, 5) is 3.39. The van der Waals surface area contributed by atoms with Crippen molar-refractivity contribution in [2.24, 2.45) is 0 Å². The third-order valence-electron chi connectivity index (χ3n) is 2.80. The number of alkyl halides is 1. The number of halogens is 2. The van der Waals surface area contributed by atoms with Gasteiger partial charge in [-0.3, -0.25) is 4.98 Å². The van der Waals surface area contributed by atoms with Crippen LogP contribution < -0.4 is 4.72 Å². The molecule has 0 aliphatic heterocycles. The molecule has 7 heteroatoms. The molecular weight excluding hydrogens is 323 g/mol. The molecule has 1 heterocycles. The first-order chi connectivity index (χ1) is 8.33. The Balaban J connectivity index is 3.01. The van der Waals surface area contributed by atoms with E-state index in [0.29, 0.717) is 18.2 Å². The molecule has 1 aromatic rings. The predicted octanol–water partition coefficient (Wildman–Crippen LogP) is 2.45. The summed E-state index contributed by atoms with van der Waals surface area (Å²) >= 11 is 3.29. The van der Waals surface area contributed by atoms with E-state index in [1.54, 1.807) is 0 Å². The molecule has 0 radical (unpaired) electrons. The lowest BCUT2D eigenvalue weighted by atomic mass is 9.98. The number of rotatable bonds is 6. The summed E-state index contributed by atoms with van der Waals surface area (Å²) < 4.78 is 39.8. The molecule has 0 spiro atoms. The smallest absolute Gasteiger partial charge is 0.242 e. The largest absolute Gasteiger partial charge is 0.260 e. The van der Waals surface area contributed by atoms with Crippen LogP contribution in [0, 0.1) is 5.82 Å². The molecule has 0 aliphatic rings. The van der Waals surface area contributed by atoms with Gasteiger partial charge in [-0.05, 0) is 25.8 Å². The first kappa shape index (κ1) is 15.5. The third-order valence-corrected chi connectivity index (χ3v) is 4.80. The molecule has 102 valence electrons. The first-order valence-corrected chi connectivity index (χ1v) is 8.14. The van der Waals surface area contributed by atoms with E-state index in [4.69, 9.17) is 0 Å². The van der Waals surface area contributed by atoms with Gasteiger partial charge in [0.25, 0.3) is 0 Å². The highest BCUT2D eigenvalue weighted by molar-refractivity contribution is 9.09. The summed E-state index contributed by atoms with van der Waals surface area (Å²) in [5.74, 6) is -0.670. The van der Waals surface area contributed by atoms with Crippen molar-refractivity contribution in [1.29, 1.82) is 0 Å². The Labute approximate surface area is 115 Å². The number of pyridine rings is 1. The van der Waals surface area contributed by atoms with Crippen molar-refractivity contribution in [2.45, 2.75) is 37.1 Å². The van der Waals surface area contributed by atoms with Crippen molar-refractivity contribution in [3.63, 3.8) is 0 Å². The van der Waals surface area contributed by atoms with Crippen molar-refractivity contribution in [2.75, 3.05) is 5.33 Å². The summed E-state index contributed by atoms with van der Waals surface area (Å²) in [6, 6.07) is 0.958. The zero-order chi connectivity index (χ0) is 13.8. The van der Waals surface area contributed by atoms with Crippen LogP contribution in [0.25, 0.3) is 0 Å². The number of nitrogens with zero attached hydrogens (tertiary/aromatic N) is 1. The summed E-state index contributed by atoms with van der Waals surface area (Å²) in [5.41, 5.74) is -0.561. The Hall–Kier alpha value is -0.530. The minimum atomic E-state index is -3.75. The summed E-state index contributed by atoms with van der Waals surface area (Å²) in [6.07, 6.45) is 3.39. The minimum absolute atomic E-state index is 0.156. The maximum Gasteiger partial charge on any atom is 0.242 e. The second kappa shape index (κ2) is 6.08. The highest BCUT2D eigenvalue weighted by atomic mass is 79.9. The molecule has 0 fully saturated rings. The highest BCUT2D eigenvalue weighted by Crippen LogP contribution is 2.20. The fourth-order valence-electron chi connectivity index (χ4n) is 1.43. The first-order valence-electron chi connectivity index (χ1n) is 5.53. The monoisotopic (exact) mass is 338 g/mol. The zero-order valence-corrected chi connectivity index (χ0v) is 12.7. The Kier molecular flexibility index (Phi) is 5.24. The molecule has 0 aliphatic carbocycles. The van der Waals surface area contributed by atoms with Gasteiger partial charge < -0.3 is 0 Å². The van der Waals surface area contributed by atoms with E-state index in [9.17, 15) is 12.8 Å². The van der Waals surface area contributed by atoms with E-state index in [0.717, 1.165) is 18.5 Å². The number of hydrogen-bond donors (Lipinski definition) is 1. The number of sulfonamides is 1. The van der Waals surface area contributed by atoms with Crippen LogP contribution in [0.3, 0.4) is 0 Å². The Bertz CT molecular complexity index is 510. The van der Waals surface area contributed by atoms with Crippen LogP contribution in [0.5, 0.6) is 0 Å². The molecule has 0 saturated carbocycles. The standard InChI is InChI=1S/C11H16BrFN2O2S/c1-3-11(2,4-5-12)15-18(16,17)10-6-9(13)7-14-8-10/h6-8,15H,3-5H2,1-2H3. The van der Waals surface area contributed by atoms with Crippen LogP contribution in [0.15, 0.2) is 23.4 Å². The average molecular weight is 339 g/mol. The maximum absolute atomic E-state index is 13.0. The van der Waals surface area contributed by atoms with Crippen LogP contribution in [-0.2, 0) is 10.0 Å². The van der Waals surface area contributed by atoms with Crippen molar-refractivity contribution in [3.05, 3.63) is 24.3 Å². The molecule has 0 amide bonds. The van der Waals surface area contributed by atoms with Gasteiger partial charge in [0.1, 0.15) is 10.7 Å². The second-order valence-electron chi connectivity index (χ2n) is 4.30. The van der Waals surface area contributed by atoms with Gasteiger partial charge in [-0.25, -0.2) is 17.5 Å². The zero-order valence-electron chi connectivity index (χ0n) is 10.3. The molecule has 1 rings (SSSR count). The van der Waals surface area contributed by atoms with Crippen molar-refractivity contribution >= 4 is 26.0 Å². The molecule has 1 unspecified atom stereocenters. The number of nitrogens with one attached hydrogen (secondary N) is 1. The number of hydrogen-bond acceptors (Lipinski definition) is 3. The van der Waals surface area contributed by atoms with Gasteiger partial charge in [0, 0.05) is 17.1 Å². The Morgan fingerprint density at radius 2 is 2.17 bits per heavy atom. The van der Waals surface area contributed by atoms with Crippen molar-refractivity contribution in [3.8, 4) is 0 Å². The molecule has 0 bridgehead atoms. The second-order valence-corrected chi connectivity index (χ2v) is 6.77. The van der Waals surface area contributed by atoms with Gasteiger partial charge in [-0.15, -0.1) is 0 Å². The predicted molar refractivity (Wildman–Crippen MR) is 71.6 cm³/mol. The summed E-state index contributed by atoms with van der Waals surface area (Å²) in [6.45, 7) is 3.72. The normalized spacial score (nSPS) is 15.3. The molecule has 1 atom stereocenters. The van der Waals surface area contributed by atoms with Crippen LogP contribution in [0.2, 0.25) is 0 Å². The quantitative estimate of drug-likeness (QED) is 0.810. The molecule has 0 saturated heterocycles. The van der Waals surface area contributed by atoms with E-state index < -0.39 is 21.4 Å². The lowest BCUT2D eigenvalue weighted by Crippen LogP contribution is -2.45. The molecule has 0 aromatic carbocycles. The van der Waals surface area contributed by atoms with Gasteiger partial charge in [-0.2, -0.15) is 0 Å². The molecular formula is C11H16BrFN2O2S. The van der Waals surface area contributed by atoms with E-state index in [-0.39, 0.29) is 4.90 Å². The minimum Gasteiger partial charge on any atom is -0.260 e. The lowest BCUT2D eigenvalue weighted by molar-refractivity contribution is 0.392.